The summed E-state index contributed by atoms with van der Waals surface area (Å²) in [6.45, 7) is 0.873. The first-order chi connectivity index (χ1) is 17.7. The lowest BCUT2D eigenvalue weighted by Gasteiger charge is -2.22. The number of nitrogens with one attached hydrogen (secondary N) is 2. The molecular formula is C29H25N5O2. The molecule has 0 bridgehead atoms. The number of anilines is 2. The minimum atomic E-state index is -0.407. The first-order valence-electron chi connectivity index (χ1n) is 12.0. The molecule has 6 rings (SSSR count). The minimum absolute atomic E-state index is 0.222. The highest BCUT2D eigenvalue weighted by atomic mass is 16.3. The van der Waals surface area contributed by atoms with Crippen molar-refractivity contribution in [3.63, 3.8) is 0 Å². The summed E-state index contributed by atoms with van der Waals surface area (Å²) < 4.78 is 0. The lowest BCUT2D eigenvalue weighted by atomic mass is 10.0. The maximum Gasteiger partial charge on any atom is 0.272 e. The molecule has 5 aromatic rings. The molecule has 1 amide bonds. The molecule has 1 atom stereocenters. The zero-order chi connectivity index (χ0) is 24.5. The number of aliphatic hydroxyl groups is 1. The van der Waals surface area contributed by atoms with Gasteiger partial charge in [0, 0.05) is 53.0 Å². The van der Waals surface area contributed by atoms with Crippen LogP contribution >= 0.6 is 0 Å². The monoisotopic (exact) mass is 475 g/mol. The van der Waals surface area contributed by atoms with Crippen molar-refractivity contribution < 1.29 is 9.90 Å². The molecule has 178 valence electrons. The first kappa shape index (κ1) is 22.0. The summed E-state index contributed by atoms with van der Waals surface area (Å²) >= 11 is 0. The van der Waals surface area contributed by atoms with Gasteiger partial charge in [-0.25, -0.2) is 4.98 Å². The average molecular weight is 476 g/mol. The van der Waals surface area contributed by atoms with Crippen molar-refractivity contribution >= 4 is 28.3 Å². The third kappa shape index (κ3) is 4.21. The van der Waals surface area contributed by atoms with Gasteiger partial charge < -0.3 is 20.3 Å². The Morgan fingerprint density at radius 3 is 2.56 bits per heavy atom. The molecule has 1 unspecified atom stereocenters. The summed E-state index contributed by atoms with van der Waals surface area (Å²) in [6, 6.07) is 23.4. The standard InChI is InChI=1S/C29H25N5O2/c35-27-7-4-14-34(27)23-10-8-19(9-11-23)20-15-21(18-30-17-20)24-12-13-31-28-25(24)16-26(33-28)29(36)32-22-5-2-1-3-6-22/h1-3,5-6,8-13,15-18,27,35H,4,7,14H2,(H,31,33)(H,32,36). The Labute approximate surface area is 208 Å². The molecule has 0 aliphatic carbocycles. The Morgan fingerprint density at radius 2 is 1.78 bits per heavy atom. The molecular weight excluding hydrogens is 450 g/mol. The van der Waals surface area contributed by atoms with Crippen LogP contribution in [0.2, 0.25) is 0 Å². The molecule has 7 nitrogen and oxygen atoms in total. The number of fused-ring (bicyclic) bond motifs is 1. The molecule has 2 aromatic carbocycles. The van der Waals surface area contributed by atoms with E-state index in [9.17, 15) is 9.90 Å². The number of para-hydroxylation sites is 1. The first-order valence-corrected chi connectivity index (χ1v) is 12.0. The molecule has 1 fully saturated rings. The van der Waals surface area contributed by atoms with Crippen molar-refractivity contribution in [1.29, 1.82) is 0 Å². The Kier molecular flexibility index (Phi) is 5.67. The van der Waals surface area contributed by atoms with E-state index in [4.69, 9.17) is 0 Å². The molecule has 7 heteroatoms. The Hall–Kier alpha value is -4.49. The van der Waals surface area contributed by atoms with E-state index in [0.29, 0.717) is 11.3 Å². The van der Waals surface area contributed by atoms with Gasteiger partial charge in [0.1, 0.15) is 17.6 Å². The number of amides is 1. The van der Waals surface area contributed by atoms with Gasteiger partial charge in [-0.1, -0.05) is 30.3 Å². The van der Waals surface area contributed by atoms with Crippen molar-refractivity contribution in [3.05, 3.63) is 97.1 Å². The largest absolute Gasteiger partial charge is 0.374 e. The molecule has 1 aliphatic rings. The van der Waals surface area contributed by atoms with Crippen LogP contribution in [0.3, 0.4) is 0 Å². The van der Waals surface area contributed by atoms with E-state index in [1.165, 1.54) is 0 Å². The number of H-pyrrole nitrogens is 1. The molecule has 36 heavy (non-hydrogen) atoms. The topological polar surface area (TPSA) is 94.1 Å². The van der Waals surface area contributed by atoms with Crippen LogP contribution in [0.1, 0.15) is 23.3 Å². The number of benzene rings is 2. The van der Waals surface area contributed by atoms with Gasteiger partial charge in [-0.2, -0.15) is 0 Å². The number of rotatable bonds is 5. The zero-order valence-corrected chi connectivity index (χ0v) is 19.6. The van der Waals surface area contributed by atoms with Crippen molar-refractivity contribution in [2.75, 3.05) is 16.8 Å². The number of aromatic nitrogens is 3. The molecule has 0 radical (unpaired) electrons. The van der Waals surface area contributed by atoms with E-state index in [2.05, 4.69) is 38.5 Å². The number of hydrogen-bond acceptors (Lipinski definition) is 5. The molecule has 0 saturated carbocycles. The maximum absolute atomic E-state index is 12.8. The van der Waals surface area contributed by atoms with Gasteiger partial charge in [-0.3, -0.25) is 9.78 Å². The van der Waals surface area contributed by atoms with Gasteiger partial charge in [-0.05, 0) is 66.4 Å². The van der Waals surface area contributed by atoms with Crippen LogP contribution in [0.5, 0.6) is 0 Å². The predicted octanol–water partition coefficient (Wildman–Crippen LogP) is 5.46. The number of nitrogens with zero attached hydrogens (tertiary/aromatic N) is 3. The quantitative estimate of drug-likeness (QED) is 0.314. The lowest BCUT2D eigenvalue weighted by Crippen LogP contribution is -2.28. The number of aliphatic hydroxyl groups excluding tert-OH is 1. The van der Waals surface area contributed by atoms with Gasteiger partial charge in [-0.15, -0.1) is 0 Å². The van der Waals surface area contributed by atoms with E-state index in [1.807, 2.05) is 71.9 Å². The van der Waals surface area contributed by atoms with Crippen molar-refractivity contribution in [3.8, 4) is 22.3 Å². The number of carbonyl (C=O) groups excluding carboxylic acids is 1. The van der Waals surface area contributed by atoms with E-state index in [-0.39, 0.29) is 5.91 Å². The van der Waals surface area contributed by atoms with Crippen LogP contribution in [0.25, 0.3) is 33.3 Å². The van der Waals surface area contributed by atoms with Gasteiger partial charge >= 0.3 is 0 Å². The lowest BCUT2D eigenvalue weighted by molar-refractivity contribution is 0.102. The fraction of sp³-hybridized carbons (Fsp3) is 0.138. The highest BCUT2D eigenvalue weighted by Crippen LogP contribution is 2.32. The van der Waals surface area contributed by atoms with Crippen LogP contribution < -0.4 is 10.2 Å². The van der Waals surface area contributed by atoms with E-state index in [1.54, 1.807) is 6.20 Å². The molecule has 0 spiro atoms. The number of pyridine rings is 2. The van der Waals surface area contributed by atoms with Gasteiger partial charge in [0.25, 0.3) is 5.91 Å². The molecule has 4 heterocycles. The van der Waals surface area contributed by atoms with Gasteiger partial charge in [0.2, 0.25) is 0 Å². The molecule has 1 saturated heterocycles. The third-order valence-electron chi connectivity index (χ3n) is 6.61. The highest BCUT2D eigenvalue weighted by Gasteiger charge is 2.22. The minimum Gasteiger partial charge on any atom is -0.374 e. The Balaban J connectivity index is 1.30. The smallest absolute Gasteiger partial charge is 0.272 e. The van der Waals surface area contributed by atoms with Crippen LogP contribution in [-0.2, 0) is 0 Å². The van der Waals surface area contributed by atoms with Gasteiger partial charge in [0.05, 0.1) is 0 Å². The Bertz CT molecular complexity index is 1530. The van der Waals surface area contributed by atoms with E-state index < -0.39 is 6.23 Å². The highest BCUT2D eigenvalue weighted by molar-refractivity contribution is 6.07. The van der Waals surface area contributed by atoms with Crippen molar-refractivity contribution in [2.45, 2.75) is 19.1 Å². The summed E-state index contributed by atoms with van der Waals surface area (Å²) in [5.74, 6) is -0.222. The maximum atomic E-state index is 12.8. The van der Waals surface area contributed by atoms with Gasteiger partial charge in [0.15, 0.2) is 0 Å². The normalized spacial score (nSPS) is 15.4. The summed E-state index contributed by atoms with van der Waals surface area (Å²) in [5, 5.41) is 13.9. The second-order valence-electron chi connectivity index (χ2n) is 8.95. The second kappa shape index (κ2) is 9.28. The predicted molar refractivity (Wildman–Crippen MR) is 142 cm³/mol. The molecule has 3 N–H and O–H groups in total. The second-order valence-corrected chi connectivity index (χ2v) is 8.95. The summed E-state index contributed by atoms with van der Waals surface area (Å²) in [7, 11) is 0. The van der Waals surface area contributed by atoms with Crippen LogP contribution in [0, 0.1) is 0 Å². The average Bonchev–Trinajstić information content (AvgIpc) is 3.56. The van der Waals surface area contributed by atoms with Crippen LogP contribution in [0.15, 0.2) is 91.4 Å². The van der Waals surface area contributed by atoms with Crippen LogP contribution in [0.4, 0.5) is 11.4 Å². The fourth-order valence-corrected chi connectivity index (χ4v) is 4.76. The number of carbonyl (C=O) groups is 1. The van der Waals surface area contributed by atoms with E-state index >= 15 is 0 Å². The number of aromatic amines is 1. The number of hydrogen-bond donors (Lipinski definition) is 3. The molecule has 3 aromatic heterocycles. The fourth-order valence-electron chi connectivity index (χ4n) is 4.76. The summed E-state index contributed by atoms with van der Waals surface area (Å²) in [5.41, 5.74) is 6.76. The third-order valence-corrected chi connectivity index (χ3v) is 6.61. The van der Waals surface area contributed by atoms with Crippen molar-refractivity contribution in [2.24, 2.45) is 0 Å². The SMILES string of the molecule is O=C(Nc1ccccc1)c1cc2c(-c3cncc(-c4ccc(N5CCCC5O)cc4)c3)ccnc2[nH]1. The van der Waals surface area contributed by atoms with Crippen LogP contribution in [-0.4, -0.2) is 38.7 Å². The molecule has 1 aliphatic heterocycles. The van der Waals surface area contributed by atoms with E-state index in [0.717, 1.165) is 58.4 Å². The Morgan fingerprint density at radius 1 is 0.972 bits per heavy atom. The summed E-state index contributed by atoms with van der Waals surface area (Å²) in [6.07, 6.45) is 6.81. The summed E-state index contributed by atoms with van der Waals surface area (Å²) in [4.78, 5) is 26.9. The van der Waals surface area contributed by atoms with Crippen molar-refractivity contribution in [1.82, 2.24) is 15.0 Å². The zero-order valence-electron chi connectivity index (χ0n) is 19.6.